The normalized spacial score (nSPS) is 13.5. The highest BCUT2D eigenvalue weighted by Crippen LogP contribution is 2.44. The van der Waals surface area contributed by atoms with Crippen molar-refractivity contribution >= 4 is 18.0 Å². The van der Waals surface area contributed by atoms with Gasteiger partial charge in [-0.05, 0) is 28.7 Å². The van der Waals surface area contributed by atoms with Crippen LogP contribution in [0.5, 0.6) is 0 Å². The van der Waals surface area contributed by atoms with Crippen molar-refractivity contribution in [3.05, 3.63) is 59.7 Å². The van der Waals surface area contributed by atoms with Gasteiger partial charge >= 0.3 is 18.2 Å². The lowest BCUT2D eigenvalue weighted by Crippen LogP contribution is -2.37. The monoisotopic (exact) mass is 478 g/mol. The number of nitrogens with zero attached hydrogens (tertiary/aromatic N) is 1. The fraction of sp³-hybridized carbons (Fsp3) is 0.375. The summed E-state index contributed by atoms with van der Waals surface area (Å²) in [5.74, 6) is -4.46. The summed E-state index contributed by atoms with van der Waals surface area (Å²) in [7, 11) is 1.12. The minimum absolute atomic E-state index is 0.0288. The Kier molecular flexibility index (Phi) is 7.80. The molecule has 0 saturated heterocycles. The fourth-order valence-corrected chi connectivity index (χ4v) is 4.04. The van der Waals surface area contributed by atoms with Gasteiger partial charge in [0, 0.05) is 25.9 Å². The first-order valence-corrected chi connectivity index (χ1v) is 10.7. The molecule has 0 aliphatic heterocycles. The zero-order chi connectivity index (χ0) is 24.9. The number of carboxylic acid groups (broad SMARTS) is 1. The second-order valence-electron chi connectivity index (χ2n) is 8.13. The van der Waals surface area contributed by atoms with Crippen molar-refractivity contribution in [2.45, 2.75) is 24.9 Å². The number of hydrogen-bond acceptors (Lipinski definition) is 4. The fourth-order valence-electron chi connectivity index (χ4n) is 4.04. The van der Waals surface area contributed by atoms with E-state index in [2.05, 4.69) is 5.32 Å². The van der Waals surface area contributed by atoms with Crippen LogP contribution in [0.2, 0.25) is 0 Å². The van der Waals surface area contributed by atoms with Crippen molar-refractivity contribution in [3.63, 3.8) is 0 Å². The number of rotatable bonds is 9. The van der Waals surface area contributed by atoms with Gasteiger partial charge in [-0.3, -0.25) is 9.59 Å². The van der Waals surface area contributed by atoms with Crippen molar-refractivity contribution in [1.29, 1.82) is 0 Å². The summed E-state index contributed by atoms with van der Waals surface area (Å²) in [5.41, 5.74) is 4.13. The van der Waals surface area contributed by atoms with Crippen LogP contribution in [0, 0.1) is 5.92 Å². The molecular formula is C24H25F3N2O5. The van der Waals surface area contributed by atoms with Gasteiger partial charge in [0.05, 0.1) is 5.92 Å². The molecule has 34 heavy (non-hydrogen) atoms. The lowest BCUT2D eigenvalue weighted by Gasteiger charge is -2.23. The summed E-state index contributed by atoms with van der Waals surface area (Å²) in [5, 5.41) is 11.0. The number of alkyl halides is 3. The summed E-state index contributed by atoms with van der Waals surface area (Å²) in [6, 6.07) is 15.5. The first kappa shape index (κ1) is 25.1. The summed E-state index contributed by atoms with van der Waals surface area (Å²) in [6.07, 6.45) is -6.97. The van der Waals surface area contributed by atoms with Crippen LogP contribution in [0.15, 0.2) is 48.5 Å². The van der Waals surface area contributed by atoms with Crippen molar-refractivity contribution < 1.29 is 37.4 Å². The van der Waals surface area contributed by atoms with E-state index in [9.17, 15) is 27.6 Å². The second kappa shape index (κ2) is 10.6. The number of likely N-dealkylation sites (N-methyl/N-ethyl adjacent to an activating group) is 1. The first-order valence-electron chi connectivity index (χ1n) is 10.7. The number of halogens is 3. The number of ether oxygens (including phenoxy) is 1. The number of carbonyl (C=O) groups is 3. The number of benzene rings is 2. The zero-order valence-corrected chi connectivity index (χ0v) is 18.5. The first-order chi connectivity index (χ1) is 16.1. The van der Waals surface area contributed by atoms with Gasteiger partial charge in [-0.15, -0.1) is 0 Å². The molecule has 0 bridgehead atoms. The van der Waals surface area contributed by atoms with E-state index in [1.807, 2.05) is 48.5 Å². The van der Waals surface area contributed by atoms with E-state index in [1.165, 1.54) is 0 Å². The van der Waals surface area contributed by atoms with Gasteiger partial charge in [-0.2, -0.15) is 13.2 Å². The molecule has 2 aromatic rings. The molecule has 182 valence electrons. The molecule has 0 radical (unpaired) electrons. The van der Waals surface area contributed by atoms with Crippen LogP contribution < -0.4 is 5.32 Å². The minimum atomic E-state index is -4.68. The maximum Gasteiger partial charge on any atom is 0.407 e. The smallest absolute Gasteiger partial charge is 0.407 e. The third-order valence-corrected chi connectivity index (χ3v) is 5.79. The predicted octanol–water partition coefficient (Wildman–Crippen LogP) is 4.03. The maximum atomic E-state index is 13.3. The molecule has 1 aliphatic rings. The molecule has 0 fully saturated rings. The molecule has 1 atom stereocenters. The summed E-state index contributed by atoms with van der Waals surface area (Å²) in [6.45, 7) is -1.01. The maximum absolute atomic E-state index is 13.3. The third kappa shape index (κ3) is 6.06. The summed E-state index contributed by atoms with van der Waals surface area (Å²) >= 11 is 0. The number of carbonyl (C=O) groups excluding carboxylic acids is 2. The Hall–Kier alpha value is -3.56. The van der Waals surface area contributed by atoms with Crippen LogP contribution in [0.3, 0.4) is 0 Å². The molecule has 0 spiro atoms. The van der Waals surface area contributed by atoms with Gasteiger partial charge in [-0.25, -0.2) is 4.79 Å². The second-order valence-corrected chi connectivity index (χ2v) is 8.13. The Balaban J connectivity index is 1.52. The molecule has 10 heteroatoms. The minimum Gasteiger partial charge on any atom is -0.480 e. The summed E-state index contributed by atoms with van der Waals surface area (Å²) in [4.78, 5) is 35.5. The standard InChI is InChI=1S/C24H25F3N2O5/c1-29(13-22(31)32)21(30)12-15(24(25,26)27)10-11-28-23(33)34-14-20-18-8-4-2-6-16(18)17-7-3-5-9-19(17)20/h2-9,15,20H,10-14H2,1H3,(H,28,33)(H,31,32). The van der Waals surface area contributed by atoms with E-state index in [0.29, 0.717) is 0 Å². The lowest BCUT2D eigenvalue weighted by atomic mass is 9.98. The largest absolute Gasteiger partial charge is 0.480 e. The average Bonchev–Trinajstić information content (AvgIpc) is 3.09. The Morgan fingerprint density at radius 3 is 2.15 bits per heavy atom. The number of aliphatic carboxylic acids is 1. The molecule has 0 heterocycles. The van der Waals surface area contributed by atoms with E-state index in [0.717, 1.165) is 34.2 Å². The number of nitrogens with one attached hydrogen (secondary N) is 1. The molecule has 2 aromatic carbocycles. The predicted molar refractivity (Wildman–Crippen MR) is 117 cm³/mol. The highest BCUT2D eigenvalue weighted by molar-refractivity contribution is 5.81. The topological polar surface area (TPSA) is 95.9 Å². The molecule has 0 aromatic heterocycles. The van der Waals surface area contributed by atoms with Crippen LogP contribution in [-0.2, 0) is 14.3 Å². The quantitative estimate of drug-likeness (QED) is 0.568. The van der Waals surface area contributed by atoms with Gasteiger partial charge in [0.2, 0.25) is 5.91 Å². The highest BCUT2D eigenvalue weighted by Gasteiger charge is 2.41. The van der Waals surface area contributed by atoms with Crippen LogP contribution in [0.25, 0.3) is 11.1 Å². The number of carboxylic acids is 1. The van der Waals surface area contributed by atoms with Gasteiger partial charge in [0.15, 0.2) is 0 Å². The number of hydrogen-bond donors (Lipinski definition) is 2. The average molecular weight is 478 g/mol. The van der Waals surface area contributed by atoms with Crippen LogP contribution in [0.4, 0.5) is 18.0 Å². The molecule has 3 rings (SSSR count). The highest BCUT2D eigenvalue weighted by atomic mass is 19.4. The van der Waals surface area contributed by atoms with E-state index in [4.69, 9.17) is 9.84 Å². The Morgan fingerprint density at radius 2 is 1.62 bits per heavy atom. The van der Waals surface area contributed by atoms with Crippen molar-refractivity contribution in [2.24, 2.45) is 5.92 Å². The van der Waals surface area contributed by atoms with Crippen molar-refractivity contribution in [1.82, 2.24) is 10.2 Å². The molecule has 1 aliphatic carbocycles. The van der Waals surface area contributed by atoms with Crippen molar-refractivity contribution in [3.8, 4) is 11.1 Å². The Labute approximate surface area is 194 Å². The Morgan fingerprint density at radius 1 is 1.06 bits per heavy atom. The molecule has 2 N–H and O–H groups in total. The zero-order valence-electron chi connectivity index (χ0n) is 18.5. The van der Waals surface area contributed by atoms with E-state index < -0.39 is 49.5 Å². The Bertz CT molecular complexity index is 1010. The van der Waals surface area contributed by atoms with Gasteiger partial charge in [-0.1, -0.05) is 48.5 Å². The third-order valence-electron chi connectivity index (χ3n) is 5.79. The van der Waals surface area contributed by atoms with Gasteiger partial charge < -0.3 is 20.1 Å². The van der Waals surface area contributed by atoms with Gasteiger partial charge in [0.1, 0.15) is 13.2 Å². The number of alkyl carbamates (subject to hydrolysis) is 1. The molecule has 7 nitrogen and oxygen atoms in total. The van der Waals surface area contributed by atoms with Gasteiger partial charge in [0.25, 0.3) is 0 Å². The van der Waals surface area contributed by atoms with E-state index in [1.54, 1.807) is 0 Å². The van der Waals surface area contributed by atoms with Crippen LogP contribution in [-0.4, -0.2) is 60.9 Å². The molecule has 1 unspecified atom stereocenters. The summed E-state index contributed by atoms with van der Waals surface area (Å²) < 4.78 is 45.3. The lowest BCUT2D eigenvalue weighted by molar-refractivity contribution is -0.182. The van der Waals surface area contributed by atoms with Crippen LogP contribution in [0.1, 0.15) is 29.9 Å². The molecule has 2 amide bonds. The number of fused-ring (bicyclic) bond motifs is 3. The van der Waals surface area contributed by atoms with Crippen LogP contribution >= 0.6 is 0 Å². The van der Waals surface area contributed by atoms with Crippen molar-refractivity contribution in [2.75, 3.05) is 26.7 Å². The number of amides is 2. The SMILES string of the molecule is CN(CC(=O)O)C(=O)CC(CCNC(=O)OCC1c2ccccc2-c2ccccc21)C(F)(F)F. The van der Waals surface area contributed by atoms with E-state index >= 15 is 0 Å². The molecular weight excluding hydrogens is 453 g/mol. The molecule has 0 saturated carbocycles. The van der Waals surface area contributed by atoms with E-state index in [-0.39, 0.29) is 19.1 Å².